The van der Waals surface area contributed by atoms with E-state index in [1.54, 1.807) is 6.26 Å². The SMILES string of the molecule is C[C@H](NC(=O)Cc1ccc([S@](C)=O)cc1)C12CC3CC(CC(C3)C1)C2. The van der Waals surface area contributed by atoms with Crippen molar-refractivity contribution in [1.29, 1.82) is 0 Å². The fourth-order valence-corrected chi connectivity index (χ4v) is 6.66. The predicted molar refractivity (Wildman–Crippen MR) is 101 cm³/mol. The van der Waals surface area contributed by atoms with Crippen LogP contribution in [0.2, 0.25) is 0 Å². The van der Waals surface area contributed by atoms with Gasteiger partial charge >= 0.3 is 0 Å². The molecule has 4 fully saturated rings. The molecule has 2 atom stereocenters. The van der Waals surface area contributed by atoms with E-state index in [0.717, 1.165) is 28.2 Å². The van der Waals surface area contributed by atoms with Crippen LogP contribution in [0.25, 0.3) is 0 Å². The zero-order chi connectivity index (χ0) is 17.6. The minimum absolute atomic E-state index is 0.119. The molecule has 1 aromatic carbocycles. The van der Waals surface area contributed by atoms with Crippen molar-refractivity contribution in [2.75, 3.05) is 6.26 Å². The van der Waals surface area contributed by atoms with Crippen LogP contribution in [-0.4, -0.2) is 22.4 Å². The van der Waals surface area contributed by atoms with Crippen molar-refractivity contribution in [2.24, 2.45) is 23.2 Å². The van der Waals surface area contributed by atoms with E-state index in [-0.39, 0.29) is 11.9 Å². The maximum absolute atomic E-state index is 12.6. The second-order valence-corrected chi connectivity index (χ2v) is 10.2. The van der Waals surface area contributed by atoms with Gasteiger partial charge in [0.2, 0.25) is 5.91 Å². The van der Waals surface area contributed by atoms with Gasteiger partial charge in [-0.05, 0) is 86.3 Å². The summed E-state index contributed by atoms with van der Waals surface area (Å²) in [6, 6.07) is 7.84. The van der Waals surface area contributed by atoms with E-state index in [0.29, 0.717) is 11.8 Å². The molecule has 1 aromatic rings. The van der Waals surface area contributed by atoms with E-state index in [4.69, 9.17) is 0 Å². The summed E-state index contributed by atoms with van der Waals surface area (Å²) in [5.41, 5.74) is 1.34. The van der Waals surface area contributed by atoms with Crippen molar-refractivity contribution >= 4 is 16.7 Å². The van der Waals surface area contributed by atoms with Gasteiger partial charge in [0.05, 0.1) is 6.42 Å². The van der Waals surface area contributed by atoms with Gasteiger partial charge in [0.25, 0.3) is 0 Å². The second-order valence-electron chi connectivity index (χ2n) is 8.84. The molecule has 0 radical (unpaired) electrons. The van der Waals surface area contributed by atoms with Crippen molar-refractivity contribution in [3.63, 3.8) is 0 Å². The number of carbonyl (C=O) groups is 1. The molecule has 25 heavy (non-hydrogen) atoms. The molecule has 4 aliphatic rings. The minimum Gasteiger partial charge on any atom is -0.353 e. The Hall–Kier alpha value is -1.16. The van der Waals surface area contributed by atoms with Crippen molar-refractivity contribution in [3.8, 4) is 0 Å². The van der Waals surface area contributed by atoms with Gasteiger partial charge in [0.1, 0.15) is 0 Å². The summed E-state index contributed by atoms with van der Waals surface area (Å²) in [6.07, 6.45) is 10.3. The zero-order valence-electron chi connectivity index (χ0n) is 15.3. The molecule has 0 unspecified atom stereocenters. The average molecular weight is 360 g/mol. The van der Waals surface area contributed by atoms with Gasteiger partial charge in [-0.3, -0.25) is 9.00 Å². The Bertz CT molecular complexity index is 646. The highest BCUT2D eigenvalue weighted by molar-refractivity contribution is 7.84. The number of carbonyl (C=O) groups excluding carboxylic acids is 1. The molecule has 1 N–H and O–H groups in total. The molecule has 0 aliphatic heterocycles. The van der Waals surface area contributed by atoms with E-state index >= 15 is 0 Å². The van der Waals surface area contributed by atoms with Gasteiger partial charge in [-0.1, -0.05) is 12.1 Å². The fourth-order valence-electron chi connectivity index (χ4n) is 6.14. The lowest BCUT2D eigenvalue weighted by Gasteiger charge is -2.59. The van der Waals surface area contributed by atoms with Crippen LogP contribution in [0.3, 0.4) is 0 Å². The summed E-state index contributed by atoms with van der Waals surface area (Å²) in [7, 11) is -0.966. The average Bonchev–Trinajstić information content (AvgIpc) is 2.54. The third-order valence-corrected chi connectivity index (χ3v) is 7.94. The van der Waals surface area contributed by atoms with Gasteiger partial charge in [0.15, 0.2) is 0 Å². The third kappa shape index (κ3) is 3.42. The van der Waals surface area contributed by atoms with Crippen LogP contribution in [0.15, 0.2) is 29.2 Å². The maximum atomic E-state index is 12.6. The molecule has 0 spiro atoms. The van der Waals surface area contributed by atoms with Crippen molar-refractivity contribution < 1.29 is 9.00 Å². The Morgan fingerprint density at radius 3 is 2.12 bits per heavy atom. The van der Waals surface area contributed by atoms with Crippen molar-refractivity contribution in [2.45, 2.75) is 62.8 Å². The van der Waals surface area contributed by atoms with Crippen molar-refractivity contribution in [1.82, 2.24) is 5.32 Å². The van der Waals surface area contributed by atoms with Crippen LogP contribution in [0.1, 0.15) is 51.0 Å². The van der Waals surface area contributed by atoms with E-state index in [9.17, 15) is 9.00 Å². The molecule has 3 nitrogen and oxygen atoms in total. The standard InChI is InChI=1S/C21H29NO2S/c1-14(21-11-16-7-17(12-21)9-18(8-16)13-21)22-20(23)10-15-3-5-19(6-4-15)25(2)24/h3-6,14,16-18H,7-13H2,1-2H3,(H,22,23)/t14-,16?,17?,18?,21?,25-/m0/s1. The summed E-state index contributed by atoms with van der Waals surface area (Å²) >= 11 is 0. The van der Waals surface area contributed by atoms with E-state index < -0.39 is 10.8 Å². The Balaban J connectivity index is 1.38. The second kappa shape index (κ2) is 6.53. The lowest BCUT2D eigenvalue weighted by molar-refractivity contribution is -0.125. The normalized spacial score (nSPS) is 35.4. The van der Waals surface area contributed by atoms with Crippen LogP contribution >= 0.6 is 0 Å². The quantitative estimate of drug-likeness (QED) is 0.871. The molecule has 136 valence electrons. The Kier molecular flexibility index (Phi) is 4.51. The zero-order valence-corrected chi connectivity index (χ0v) is 16.1. The number of benzene rings is 1. The summed E-state index contributed by atoms with van der Waals surface area (Å²) in [5.74, 6) is 2.85. The predicted octanol–water partition coefficient (Wildman–Crippen LogP) is 3.69. The lowest BCUT2D eigenvalue weighted by Crippen LogP contribution is -2.56. The molecular weight excluding hydrogens is 330 g/mol. The first-order valence-electron chi connectivity index (χ1n) is 9.65. The smallest absolute Gasteiger partial charge is 0.224 e. The first-order valence-corrected chi connectivity index (χ1v) is 11.2. The molecular formula is C21H29NO2S. The molecule has 4 bridgehead atoms. The molecule has 1 amide bonds. The first-order chi connectivity index (χ1) is 11.9. The summed E-state index contributed by atoms with van der Waals surface area (Å²) in [6.45, 7) is 2.23. The van der Waals surface area contributed by atoms with Crippen LogP contribution < -0.4 is 5.32 Å². The van der Waals surface area contributed by atoms with Gasteiger partial charge in [-0.15, -0.1) is 0 Å². The Morgan fingerprint density at radius 2 is 1.64 bits per heavy atom. The monoisotopic (exact) mass is 359 g/mol. The van der Waals surface area contributed by atoms with E-state index in [1.165, 1.54) is 38.5 Å². The molecule has 0 aromatic heterocycles. The minimum atomic E-state index is -0.966. The summed E-state index contributed by atoms with van der Waals surface area (Å²) in [5, 5.41) is 3.32. The van der Waals surface area contributed by atoms with Crippen LogP contribution in [0.5, 0.6) is 0 Å². The molecule has 4 heteroatoms. The molecule has 4 aliphatic carbocycles. The molecule has 0 saturated heterocycles. The number of nitrogens with one attached hydrogen (secondary N) is 1. The Morgan fingerprint density at radius 1 is 1.12 bits per heavy atom. The molecule has 5 rings (SSSR count). The molecule has 0 heterocycles. The number of hydrogen-bond donors (Lipinski definition) is 1. The Labute approximate surface area is 153 Å². The maximum Gasteiger partial charge on any atom is 0.224 e. The number of amides is 1. The van der Waals surface area contributed by atoms with E-state index in [1.807, 2.05) is 24.3 Å². The van der Waals surface area contributed by atoms with Crippen LogP contribution in [-0.2, 0) is 22.0 Å². The highest BCUT2D eigenvalue weighted by Crippen LogP contribution is 2.61. The van der Waals surface area contributed by atoms with Gasteiger partial charge in [-0.25, -0.2) is 0 Å². The first kappa shape index (κ1) is 17.3. The lowest BCUT2D eigenvalue weighted by atomic mass is 9.48. The van der Waals surface area contributed by atoms with Gasteiger partial charge in [0, 0.05) is 28.0 Å². The number of rotatable bonds is 5. The highest BCUT2D eigenvalue weighted by atomic mass is 32.2. The topological polar surface area (TPSA) is 46.2 Å². The van der Waals surface area contributed by atoms with Gasteiger partial charge < -0.3 is 5.32 Å². The number of hydrogen-bond acceptors (Lipinski definition) is 2. The van der Waals surface area contributed by atoms with Gasteiger partial charge in [-0.2, -0.15) is 0 Å². The third-order valence-electron chi connectivity index (χ3n) is 7.00. The van der Waals surface area contributed by atoms with Crippen molar-refractivity contribution in [3.05, 3.63) is 29.8 Å². The summed E-state index contributed by atoms with van der Waals surface area (Å²) < 4.78 is 11.5. The summed E-state index contributed by atoms with van der Waals surface area (Å²) in [4.78, 5) is 13.4. The highest BCUT2D eigenvalue weighted by Gasteiger charge is 2.53. The fraction of sp³-hybridized carbons (Fsp3) is 0.667. The van der Waals surface area contributed by atoms with Crippen LogP contribution in [0, 0.1) is 23.2 Å². The largest absolute Gasteiger partial charge is 0.353 e. The molecule has 4 saturated carbocycles. The van der Waals surface area contributed by atoms with Crippen LogP contribution in [0.4, 0.5) is 0 Å². The van der Waals surface area contributed by atoms with E-state index in [2.05, 4.69) is 12.2 Å².